The van der Waals surface area contributed by atoms with Gasteiger partial charge in [-0.1, -0.05) is 25.7 Å². The Morgan fingerprint density at radius 2 is 1.79 bits per heavy atom. The van der Waals surface area contributed by atoms with Gasteiger partial charge in [-0.2, -0.15) is 0 Å². The third kappa shape index (κ3) is 7.69. The van der Waals surface area contributed by atoms with Crippen molar-refractivity contribution in [3.63, 3.8) is 0 Å². The highest BCUT2D eigenvalue weighted by Crippen LogP contribution is 2.16. The lowest BCUT2D eigenvalue weighted by Gasteiger charge is -2.16. The van der Waals surface area contributed by atoms with Gasteiger partial charge in [-0.25, -0.2) is 4.98 Å². The van der Waals surface area contributed by atoms with Gasteiger partial charge in [0.15, 0.2) is 0 Å². The number of aromatic nitrogens is 1. The highest BCUT2D eigenvalue weighted by atomic mass is 35.5. The van der Waals surface area contributed by atoms with E-state index in [9.17, 15) is 4.79 Å². The number of carbonyl (C=O) groups is 1. The molecule has 24 heavy (non-hydrogen) atoms. The average Bonchev–Trinajstić information content (AvgIpc) is 2.80. The van der Waals surface area contributed by atoms with Crippen LogP contribution in [0.1, 0.15) is 48.9 Å². The number of hydrogen-bond donors (Lipinski definition) is 2. The van der Waals surface area contributed by atoms with Gasteiger partial charge in [-0.05, 0) is 25.0 Å². The molecule has 1 amide bonds. The number of nitrogens with zero attached hydrogens (tertiary/aromatic N) is 2. The molecule has 0 aliphatic heterocycles. The maximum atomic E-state index is 12.0. The molecular formula is C17H30Cl2N4O. The van der Waals surface area contributed by atoms with Crippen molar-refractivity contribution in [2.45, 2.75) is 44.6 Å². The van der Waals surface area contributed by atoms with Crippen molar-refractivity contribution in [2.75, 3.05) is 32.1 Å². The maximum absolute atomic E-state index is 12.0. The maximum Gasteiger partial charge on any atom is 0.252 e. The van der Waals surface area contributed by atoms with E-state index in [0.717, 1.165) is 12.4 Å². The van der Waals surface area contributed by atoms with Crippen LogP contribution >= 0.6 is 24.8 Å². The summed E-state index contributed by atoms with van der Waals surface area (Å²) >= 11 is 0. The second kappa shape index (κ2) is 12.3. The fraction of sp³-hybridized carbons (Fsp3) is 0.647. The van der Waals surface area contributed by atoms with E-state index in [-0.39, 0.29) is 30.7 Å². The summed E-state index contributed by atoms with van der Waals surface area (Å²) in [4.78, 5) is 18.2. The first-order valence-corrected chi connectivity index (χ1v) is 8.32. The van der Waals surface area contributed by atoms with Crippen LogP contribution in [0.5, 0.6) is 0 Å². The average molecular weight is 377 g/mol. The van der Waals surface area contributed by atoms with Crippen LogP contribution in [0.2, 0.25) is 0 Å². The quantitative estimate of drug-likeness (QED) is 0.591. The minimum absolute atomic E-state index is 0. The highest BCUT2D eigenvalue weighted by molar-refractivity contribution is 5.94. The lowest BCUT2D eigenvalue weighted by molar-refractivity contribution is 0.0953. The molecule has 0 unspecified atom stereocenters. The molecule has 1 aliphatic carbocycles. The van der Waals surface area contributed by atoms with E-state index in [1.807, 2.05) is 31.1 Å². The Morgan fingerprint density at radius 1 is 1.12 bits per heavy atom. The summed E-state index contributed by atoms with van der Waals surface area (Å²) in [6.45, 7) is 1.49. The molecule has 1 aliphatic rings. The topological polar surface area (TPSA) is 57.3 Å². The van der Waals surface area contributed by atoms with Crippen LogP contribution in [0.4, 0.5) is 5.82 Å². The van der Waals surface area contributed by atoms with Gasteiger partial charge in [0.25, 0.3) is 5.91 Å². The Morgan fingerprint density at radius 3 is 2.33 bits per heavy atom. The van der Waals surface area contributed by atoms with E-state index in [0.29, 0.717) is 18.2 Å². The van der Waals surface area contributed by atoms with Crippen LogP contribution in [-0.2, 0) is 0 Å². The number of pyridine rings is 1. The van der Waals surface area contributed by atoms with Crippen LogP contribution in [0.25, 0.3) is 0 Å². The second-order valence-corrected chi connectivity index (χ2v) is 6.20. The predicted molar refractivity (Wildman–Crippen MR) is 105 cm³/mol. The third-order valence-corrected chi connectivity index (χ3v) is 4.17. The van der Waals surface area contributed by atoms with Gasteiger partial charge >= 0.3 is 0 Å². The van der Waals surface area contributed by atoms with Crippen molar-refractivity contribution < 1.29 is 4.79 Å². The van der Waals surface area contributed by atoms with Gasteiger partial charge in [0.05, 0.1) is 5.56 Å². The monoisotopic (exact) mass is 376 g/mol. The smallest absolute Gasteiger partial charge is 0.252 e. The molecule has 2 rings (SSSR count). The number of anilines is 1. The summed E-state index contributed by atoms with van der Waals surface area (Å²) in [7, 11) is 3.86. The molecule has 1 fully saturated rings. The first-order valence-electron chi connectivity index (χ1n) is 8.32. The van der Waals surface area contributed by atoms with Gasteiger partial charge in [0.1, 0.15) is 5.82 Å². The Bertz CT molecular complexity index is 460. The summed E-state index contributed by atoms with van der Waals surface area (Å²) < 4.78 is 0. The van der Waals surface area contributed by atoms with Crippen LogP contribution in [0.15, 0.2) is 18.3 Å². The van der Waals surface area contributed by atoms with Crippen molar-refractivity contribution in [1.29, 1.82) is 0 Å². The zero-order chi connectivity index (χ0) is 15.8. The number of halogens is 2. The second-order valence-electron chi connectivity index (χ2n) is 6.20. The number of amides is 1. The minimum Gasteiger partial charge on any atom is -0.363 e. The molecule has 5 nitrogen and oxygen atoms in total. The summed E-state index contributed by atoms with van der Waals surface area (Å²) in [6, 6.07) is 4.30. The van der Waals surface area contributed by atoms with Crippen molar-refractivity contribution in [3.8, 4) is 0 Å². The van der Waals surface area contributed by atoms with E-state index >= 15 is 0 Å². The van der Waals surface area contributed by atoms with Crippen LogP contribution in [0, 0.1) is 0 Å². The fourth-order valence-corrected chi connectivity index (χ4v) is 2.82. The lowest BCUT2D eigenvalue weighted by Crippen LogP contribution is -2.36. The van der Waals surface area contributed by atoms with Gasteiger partial charge < -0.3 is 15.5 Å². The Hall–Kier alpha value is -1.04. The molecule has 2 N–H and O–H groups in total. The first kappa shape index (κ1) is 23.0. The van der Waals surface area contributed by atoms with Crippen LogP contribution in [-0.4, -0.2) is 44.1 Å². The molecule has 0 atom stereocenters. The highest BCUT2D eigenvalue weighted by Gasteiger charge is 2.11. The largest absolute Gasteiger partial charge is 0.363 e. The number of carbonyl (C=O) groups excluding carboxylic acids is 1. The molecule has 0 bridgehead atoms. The molecular weight excluding hydrogens is 347 g/mol. The number of rotatable bonds is 6. The zero-order valence-electron chi connectivity index (χ0n) is 14.6. The number of hydrogen-bond acceptors (Lipinski definition) is 4. The van der Waals surface area contributed by atoms with Crippen LogP contribution in [0.3, 0.4) is 0 Å². The van der Waals surface area contributed by atoms with E-state index in [4.69, 9.17) is 0 Å². The van der Waals surface area contributed by atoms with Crippen LogP contribution < -0.4 is 15.5 Å². The normalized spacial score (nSPS) is 14.8. The van der Waals surface area contributed by atoms with Crippen molar-refractivity contribution in [1.82, 2.24) is 15.6 Å². The molecule has 1 aromatic heterocycles. The minimum atomic E-state index is -0.0551. The first-order chi connectivity index (χ1) is 10.7. The molecule has 1 saturated carbocycles. The molecule has 1 aromatic rings. The SMILES string of the molecule is CN(C)c1ccc(C(=O)NCCNC2CCCCCC2)cn1.Cl.Cl. The molecule has 138 valence electrons. The summed E-state index contributed by atoms with van der Waals surface area (Å²) in [5, 5.41) is 6.50. The molecule has 1 heterocycles. The summed E-state index contributed by atoms with van der Waals surface area (Å²) in [5.41, 5.74) is 0.611. The Labute approximate surface area is 157 Å². The van der Waals surface area contributed by atoms with Gasteiger partial charge in [0.2, 0.25) is 0 Å². The van der Waals surface area contributed by atoms with E-state index < -0.39 is 0 Å². The molecule has 7 heteroatoms. The summed E-state index contributed by atoms with van der Waals surface area (Å²) in [5.74, 6) is 0.798. The van der Waals surface area contributed by atoms with E-state index in [1.165, 1.54) is 38.5 Å². The van der Waals surface area contributed by atoms with Crippen molar-refractivity contribution in [2.24, 2.45) is 0 Å². The molecule has 0 radical (unpaired) electrons. The Kier molecular flexibility index (Phi) is 11.8. The molecule has 0 aromatic carbocycles. The zero-order valence-corrected chi connectivity index (χ0v) is 16.2. The van der Waals surface area contributed by atoms with E-state index in [1.54, 1.807) is 6.20 Å². The third-order valence-electron chi connectivity index (χ3n) is 4.17. The molecule has 0 saturated heterocycles. The standard InChI is InChI=1S/C17H28N4O.2ClH/c1-21(2)16-10-9-14(13-20-16)17(22)19-12-11-18-15-7-5-3-4-6-8-15;;/h9-10,13,15,18H,3-8,11-12H2,1-2H3,(H,19,22);2*1H. The predicted octanol–water partition coefficient (Wildman–Crippen LogP) is 3.03. The van der Waals surface area contributed by atoms with Gasteiger partial charge in [0, 0.05) is 39.4 Å². The molecule has 0 spiro atoms. The van der Waals surface area contributed by atoms with Gasteiger partial charge in [-0.15, -0.1) is 24.8 Å². The van der Waals surface area contributed by atoms with Crippen molar-refractivity contribution >= 4 is 36.5 Å². The van der Waals surface area contributed by atoms with Gasteiger partial charge in [-0.3, -0.25) is 4.79 Å². The Balaban J connectivity index is 0.00000264. The van der Waals surface area contributed by atoms with Crippen molar-refractivity contribution in [3.05, 3.63) is 23.9 Å². The number of nitrogens with one attached hydrogen (secondary N) is 2. The van der Waals surface area contributed by atoms with E-state index in [2.05, 4.69) is 15.6 Å². The lowest BCUT2D eigenvalue weighted by atomic mass is 10.1. The fourth-order valence-electron chi connectivity index (χ4n) is 2.82. The summed E-state index contributed by atoms with van der Waals surface area (Å²) in [6.07, 6.45) is 9.55.